The van der Waals surface area contributed by atoms with Crippen LogP contribution in [-0.2, 0) is 0 Å². The maximum absolute atomic E-state index is 9.36. The molecule has 8 aromatic carbocycles. The summed E-state index contributed by atoms with van der Waals surface area (Å²) in [5.74, 6) is 0. The molecule has 0 saturated heterocycles. The van der Waals surface area contributed by atoms with Crippen molar-refractivity contribution in [2.45, 2.75) is 0 Å². The predicted octanol–water partition coefficient (Wildman–Crippen LogP) is 12.0. The van der Waals surface area contributed by atoms with E-state index >= 15 is 0 Å². The Bertz CT molecular complexity index is 3100. The van der Waals surface area contributed by atoms with Crippen LogP contribution >= 0.6 is 0 Å². The molecule has 1 aromatic heterocycles. The lowest BCUT2D eigenvalue weighted by atomic mass is 9.85. The Labute approximate surface area is 266 Å². The molecule has 0 aliphatic carbocycles. The number of hydrogen-bond acceptors (Lipinski definition) is 1. The van der Waals surface area contributed by atoms with Gasteiger partial charge >= 0.3 is 0 Å². The summed E-state index contributed by atoms with van der Waals surface area (Å²) in [6.45, 7) is 0. The molecular formula is C42H26O. The molecule has 1 heteroatoms. The van der Waals surface area contributed by atoms with Gasteiger partial charge in [0.15, 0.2) is 0 Å². The van der Waals surface area contributed by atoms with Gasteiger partial charge in [-0.3, -0.25) is 0 Å². The fourth-order valence-electron chi connectivity index (χ4n) is 6.10. The van der Waals surface area contributed by atoms with Crippen LogP contribution in [-0.4, -0.2) is 0 Å². The summed E-state index contributed by atoms with van der Waals surface area (Å²) in [4.78, 5) is 0. The first-order valence-electron chi connectivity index (χ1n) is 19.8. The molecule has 0 aliphatic rings. The molecule has 0 fully saturated rings. The molecule has 0 radical (unpaired) electrons. The van der Waals surface area contributed by atoms with E-state index in [1.54, 1.807) is 18.2 Å². The largest absolute Gasteiger partial charge is 0.456 e. The van der Waals surface area contributed by atoms with Gasteiger partial charge in [0.05, 0.1) is 16.4 Å². The second-order valence-corrected chi connectivity index (χ2v) is 10.4. The Morgan fingerprint density at radius 3 is 1.58 bits per heavy atom. The van der Waals surface area contributed by atoms with Crippen LogP contribution in [0.2, 0.25) is 0 Å². The van der Waals surface area contributed by atoms with Crippen molar-refractivity contribution < 1.29 is 20.9 Å². The number of furan rings is 1. The summed E-state index contributed by atoms with van der Waals surface area (Å²) in [7, 11) is 0. The highest BCUT2D eigenvalue weighted by Crippen LogP contribution is 2.45. The maximum Gasteiger partial charge on any atom is 0.135 e. The van der Waals surface area contributed by atoms with Crippen molar-refractivity contribution in [1.82, 2.24) is 0 Å². The Morgan fingerprint density at radius 1 is 0.395 bits per heavy atom. The quantitative estimate of drug-likeness (QED) is 0.197. The zero-order chi connectivity index (χ0) is 38.8. The smallest absolute Gasteiger partial charge is 0.135 e. The van der Waals surface area contributed by atoms with Crippen molar-refractivity contribution in [3.8, 4) is 33.4 Å². The van der Waals surface area contributed by atoms with Crippen LogP contribution in [0.3, 0.4) is 0 Å². The summed E-state index contributed by atoms with van der Waals surface area (Å²) in [6, 6.07) is 21.3. The molecule has 0 aliphatic heterocycles. The summed E-state index contributed by atoms with van der Waals surface area (Å²) in [6.07, 6.45) is 0. The van der Waals surface area contributed by atoms with E-state index < -0.39 is 42.3 Å². The second kappa shape index (κ2) is 9.44. The molecule has 1 heterocycles. The van der Waals surface area contributed by atoms with E-state index in [0.29, 0.717) is 38.5 Å². The van der Waals surface area contributed by atoms with Gasteiger partial charge in [-0.1, -0.05) is 127 Å². The molecular weight excluding hydrogens is 520 g/mol. The molecule has 0 spiro atoms. The van der Waals surface area contributed by atoms with Gasteiger partial charge in [0.2, 0.25) is 0 Å². The van der Waals surface area contributed by atoms with Crippen LogP contribution in [0.25, 0.3) is 87.6 Å². The second-order valence-electron chi connectivity index (χ2n) is 10.4. The fourth-order valence-corrected chi connectivity index (χ4v) is 6.10. The van der Waals surface area contributed by atoms with Crippen molar-refractivity contribution in [3.05, 3.63) is 157 Å². The molecule has 9 aromatic rings. The van der Waals surface area contributed by atoms with E-state index in [4.69, 9.17) is 18.1 Å². The van der Waals surface area contributed by atoms with Crippen LogP contribution < -0.4 is 0 Å². The predicted molar refractivity (Wildman–Crippen MR) is 183 cm³/mol. The molecule has 9 rings (SSSR count). The highest BCUT2D eigenvalue weighted by molar-refractivity contribution is 6.22. The van der Waals surface area contributed by atoms with E-state index in [2.05, 4.69) is 0 Å². The Morgan fingerprint density at radius 2 is 0.930 bits per heavy atom. The van der Waals surface area contributed by atoms with Gasteiger partial charge in [0.1, 0.15) is 11.2 Å². The Hall–Kier alpha value is -5.66. The maximum atomic E-state index is 9.36. The lowest BCUT2D eigenvalue weighted by Crippen LogP contribution is -1.91. The molecule has 0 N–H and O–H groups in total. The van der Waals surface area contributed by atoms with Gasteiger partial charge in [-0.25, -0.2) is 0 Å². The first kappa shape index (κ1) is 15.0. The topological polar surface area (TPSA) is 13.1 Å². The van der Waals surface area contributed by atoms with Crippen LogP contribution in [0.5, 0.6) is 0 Å². The first-order chi connectivity index (χ1) is 26.3. The van der Waals surface area contributed by atoms with Gasteiger partial charge in [0.25, 0.3) is 0 Å². The number of benzene rings is 8. The van der Waals surface area contributed by atoms with Crippen LogP contribution in [0, 0.1) is 0 Å². The zero-order valence-electron chi connectivity index (χ0n) is 34.5. The van der Waals surface area contributed by atoms with E-state index in [0.717, 1.165) is 27.3 Å². The van der Waals surface area contributed by atoms with Crippen molar-refractivity contribution in [2.75, 3.05) is 0 Å². The third-order valence-corrected chi connectivity index (χ3v) is 7.98. The van der Waals surface area contributed by atoms with Gasteiger partial charge in [0, 0.05) is 10.8 Å². The Kier molecular flexibility index (Phi) is 3.29. The number of hydrogen-bond donors (Lipinski definition) is 0. The molecule has 200 valence electrons. The van der Waals surface area contributed by atoms with Crippen molar-refractivity contribution in [1.29, 1.82) is 0 Å². The lowest BCUT2D eigenvalue weighted by molar-refractivity contribution is 0.669. The van der Waals surface area contributed by atoms with Crippen molar-refractivity contribution in [3.63, 3.8) is 0 Å². The van der Waals surface area contributed by atoms with Gasteiger partial charge in [-0.05, 0) is 96.0 Å². The summed E-state index contributed by atoms with van der Waals surface area (Å²) in [5, 5.41) is 4.07. The molecule has 0 saturated carbocycles. The van der Waals surface area contributed by atoms with Crippen LogP contribution in [0.4, 0.5) is 0 Å². The van der Waals surface area contributed by atoms with E-state index in [-0.39, 0.29) is 52.1 Å². The number of fused-ring (bicyclic) bond motifs is 6. The monoisotopic (exact) mass is 558 g/mol. The number of rotatable bonds is 3. The molecule has 0 amide bonds. The molecule has 0 bridgehead atoms. The third-order valence-electron chi connectivity index (χ3n) is 7.98. The molecule has 0 atom stereocenters. The first-order valence-corrected chi connectivity index (χ1v) is 13.8. The minimum Gasteiger partial charge on any atom is -0.456 e. The normalized spacial score (nSPS) is 15.6. The summed E-state index contributed by atoms with van der Waals surface area (Å²) >= 11 is 0. The van der Waals surface area contributed by atoms with E-state index in [1.807, 2.05) is 66.7 Å². The van der Waals surface area contributed by atoms with Crippen LogP contribution in [0.1, 0.15) is 16.4 Å². The average molecular weight is 559 g/mol. The third kappa shape index (κ3) is 3.79. The lowest BCUT2D eigenvalue weighted by Gasteiger charge is -2.18. The minimum atomic E-state index is -0.523. The Balaban J connectivity index is 1.34. The SMILES string of the molecule is [2H]c1c([2H])c([2H])c(-c2ccc3oc4ccc(-c5c6ccccc6c(-c6c([2H])c([2H])c7c([2H])c([2H])c([2H])c([2H])c7c6[2H])c6ccccc56)cc4c3c2)c([2H])c1[2H]. The summed E-state index contributed by atoms with van der Waals surface area (Å²) in [5.41, 5.74) is 3.94. The average Bonchev–Trinajstić information content (AvgIpc) is 3.56. The fraction of sp³-hybridized carbons (Fsp3) is 0. The van der Waals surface area contributed by atoms with Gasteiger partial charge in [-0.15, -0.1) is 0 Å². The van der Waals surface area contributed by atoms with E-state index in [1.165, 1.54) is 0 Å². The van der Waals surface area contributed by atoms with Crippen molar-refractivity contribution >= 4 is 54.3 Å². The standard InChI is InChI=1S/C42H26O/c1-2-10-27(11-3-1)30-20-22-39-37(25-30)38-26-32(21-23-40(38)43-39)42-35-16-8-6-14-33(35)41(34-15-7-9-17-36(34)42)31-19-18-28-12-4-5-13-29(28)24-31/h1-26H/i1D,2D,3D,4D,5D,10D,11D,12D,13D,18D,19D,24D. The van der Waals surface area contributed by atoms with Crippen LogP contribution in [0.15, 0.2) is 162 Å². The minimum absolute atomic E-state index is 0.0913. The highest BCUT2D eigenvalue weighted by Gasteiger charge is 2.18. The molecule has 1 nitrogen and oxygen atoms in total. The van der Waals surface area contributed by atoms with Gasteiger partial charge < -0.3 is 4.42 Å². The van der Waals surface area contributed by atoms with Crippen molar-refractivity contribution in [2.24, 2.45) is 0 Å². The van der Waals surface area contributed by atoms with E-state index in [9.17, 15) is 2.74 Å². The highest BCUT2D eigenvalue weighted by atomic mass is 16.3. The molecule has 0 unspecified atom stereocenters. The summed E-state index contributed by atoms with van der Waals surface area (Å²) < 4.78 is 109. The zero-order valence-corrected chi connectivity index (χ0v) is 22.5. The molecule has 43 heavy (non-hydrogen) atoms. The van der Waals surface area contributed by atoms with Gasteiger partial charge in [-0.2, -0.15) is 0 Å².